The highest BCUT2D eigenvalue weighted by atomic mass is 19.1. The molecule has 2 saturated heterocycles. The molecule has 158 valence electrons. The number of benzene rings is 1. The number of likely N-dealkylation sites (tertiary alicyclic amines) is 2. The largest absolute Gasteiger partial charge is 0.389 e. The summed E-state index contributed by atoms with van der Waals surface area (Å²) in [6.07, 6.45) is 5.84. The van der Waals surface area contributed by atoms with E-state index in [0.29, 0.717) is 37.5 Å². The van der Waals surface area contributed by atoms with Crippen LogP contribution in [0.3, 0.4) is 0 Å². The highest BCUT2D eigenvalue weighted by molar-refractivity contribution is 5.95. The van der Waals surface area contributed by atoms with Crippen LogP contribution in [-0.4, -0.2) is 75.9 Å². The predicted molar refractivity (Wildman–Crippen MR) is 106 cm³/mol. The minimum absolute atomic E-state index is 0.272. The number of urea groups is 1. The Morgan fingerprint density at radius 3 is 2.90 bits per heavy atom. The van der Waals surface area contributed by atoms with Gasteiger partial charge in [0.25, 0.3) is 0 Å². The summed E-state index contributed by atoms with van der Waals surface area (Å²) in [6.45, 7) is 1.31. The van der Waals surface area contributed by atoms with Gasteiger partial charge in [-0.15, -0.1) is 0 Å². The Hall–Kier alpha value is -3.01. The zero-order valence-corrected chi connectivity index (χ0v) is 16.2. The number of halogens is 2. The molecule has 10 heteroatoms. The minimum atomic E-state index is -0.470. The molecule has 0 aromatic heterocycles. The highest BCUT2D eigenvalue weighted by Crippen LogP contribution is 2.35. The third-order valence-electron chi connectivity index (χ3n) is 5.90. The molecule has 2 N–H and O–H groups in total. The fourth-order valence-corrected chi connectivity index (χ4v) is 4.32. The van der Waals surface area contributed by atoms with Crippen LogP contribution < -0.4 is 5.32 Å². The van der Waals surface area contributed by atoms with Gasteiger partial charge in [-0.2, -0.15) is 5.10 Å². The molecule has 3 atom stereocenters. The lowest BCUT2D eigenvalue weighted by Crippen LogP contribution is -2.59. The first-order valence-corrected chi connectivity index (χ1v) is 10.0. The van der Waals surface area contributed by atoms with Crippen molar-refractivity contribution in [1.82, 2.24) is 20.1 Å². The molecule has 4 aliphatic heterocycles. The number of hydrogen-bond donors (Lipinski definition) is 2. The maximum Gasteiger partial charge on any atom is 0.318 e. The average Bonchev–Trinajstić information content (AvgIpc) is 3.34. The predicted octanol–water partition coefficient (Wildman–Crippen LogP) is 1.41. The molecule has 0 aliphatic carbocycles. The monoisotopic (exact) mass is 416 g/mol. The van der Waals surface area contributed by atoms with Gasteiger partial charge in [-0.1, -0.05) is 0 Å². The van der Waals surface area contributed by atoms with Gasteiger partial charge in [-0.3, -0.25) is 0 Å². The Balaban J connectivity index is 1.34. The Labute approximate surface area is 172 Å². The van der Waals surface area contributed by atoms with Crippen molar-refractivity contribution in [3.63, 3.8) is 0 Å². The van der Waals surface area contributed by atoms with Gasteiger partial charge in [-0.05, 0) is 37.1 Å². The van der Waals surface area contributed by atoms with Gasteiger partial charge >= 0.3 is 6.03 Å². The zero-order valence-electron chi connectivity index (χ0n) is 16.2. The lowest BCUT2D eigenvalue weighted by molar-refractivity contribution is 0.0259. The molecule has 0 bridgehead atoms. The highest BCUT2D eigenvalue weighted by Gasteiger charge is 2.38. The summed E-state index contributed by atoms with van der Waals surface area (Å²) in [5.74, 6) is -0.235. The molecular formula is C20H22F2N6O2. The fourth-order valence-electron chi connectivity index (χ4n) is 4.32. The number of aliphatic hydroxyl groups excluding tert-OH is 1. The molecule has 1 aromatic rings. The topological polar surface area (TPSA) is 83.8 Å². The molecule has 2 fully saturated rings. The van der Waals surface area contributed by atoms with Crippen molar-refractivity contribution < 1.29 is 18.7 Å². The number of rotatable bonds is 2. The molecule has 5 rings (SSSR count). The Kier molecular flexibility index (Phi) is 4.65. The number of hydrogen-bond acceptors (Lipinski definition) is 6. The molecule has 0 radical (unpaired) electrons. The van der Waals surface area contributed by atoms with E-state index in [2.05, 4.69) is 10.4 Å². The average molecular weight is 416 g/mol. The first-order chi connectivity index (χ1) is 14.5. The second-order valence-electron chi connectivity index (χ2n) is 7.91. The van der Waals surface area contributed by atoms with Crippen LogP contribution in [0.15, 0.2) is 40.6 Å². The second kappa shape index (κ2) is 7.35. The van der Waals surface area contributed by atoms with Crippen molar-refractivity contribution in [1.29, 1.82) is 0 Å². The van der Waals surface area contributed by atoms with E-state index in [9.17, 15) is 18.7 Å². The number of nitrogens with zero attached hydrogens (tertiary/aromatic N) is 5. The van der Waals surface area contributed by atoms with Crippen molar-refractivity contribution in [3.8, 4) is 0 Å². The molecule has 2 unspecified atom stereocenters. The van der Waals surface area contributed by atoms with Crippen molar-refractivity contribution in [3.05, 3.63) is 47.7 Å². The van der Waals surface area contributed by atoms with E-state index in [-0.39, 0.29) is 12.1 Å². The van der Waals surface area contributed by atoms with E-state index in [1.165, 1.54) is 11.0 Å². The van der Waals surface area contributed by atoms with Crippen molar-refractivity contribution >= 4 is 18.1 Å². The lowest BCUT2D eigenvalue weighted by Gasteiger charge is -2.37. The van der Waals surface area contributed by atoms with Crippen LogP contribution in [-0.2, 0) is 0 Å². The van der Waals surface area contributed by atoms with Crippen LogP contribution in [0.25, 0.3) is 0 Å². The van der Waals surface area contributed by atoms with E-state index in [1.54, 1.807) is 23.5 Å². The molecular weight excluding hydrogens is 394 g/mol. The number of nitrogens with one attached hydrogen (secondary N) is 1. The first-order valence-electron chi connectivity index (χ1n) is 10.0. The SMILES string of the molecule is O=C(NC1C=NN2C=CC(N3CCC[C@@H]3c3cc(F)ccc3F)=NC12)N1CC(O)C1. The minimum Gasteiger partial charge on any atom is -0.389 e. The summed E-state index contributed by atoms with van der Waals surface area (Å²) in [7, 11) is 0. The van der Waals surface area contributed by atoms with Gasteiger partial charge in [0.05, 0.1) is 31.4 Å². The molecule has 30 heavy (non-hydrogen) atoms. The van der Waals surface area contributed by atoms with Crippen LogP contribution in [0.4, 0.5) is 13.6 Å². The van der Waals surface area contributed by atoms with E-state index < -0.39 is 29.9 Å². The van der Waals surface area contributed by atoms with Crippen molar-refractivity contribution in [2.45, 2.75) is 37.2 Å². The summed E-state index contributed by atoms with van der Waals surface area (Å²) >= 11 is 0. The number of aliphatic imine (C=N–C) groups is 1. The molecule has 1 aromatic carbocycles. The van der Waals surface area contributed by atoms with Crippen molar-refractivity contribution in [2.24, 2.45) is 10.1 Å². The summed E-state index contributed by atoms with van der Waals surface area (Å²) in [4.78, 5) is 20.6. The number of hydrazone groups is 1. The number of amidine groups is 1. The van der Waals surface area contributed by atoms with Gasteiger partial charge in [0.15, 0.2) is 6.17 Å². The van der Waals surface area contributed by atoms with Gasteiger partial charge in [0.2, 0.25) is 0 Å². The molecule has 2 amide bonds. The Morgan fingerprint density at radius 2 is 2.10 bits per heavy atom. The van der Waals surface area contributed by atoms with Crippen LogP contribution >= 0.6 is 0 Å². The number of amides is 2. The lowest BCUT2D eigenvalue weighted by atomic mass is 10.0. The van der Waals surface area contributed by atoms with E-state index >= 15 is 0 Å². The molecule has 8 nitrogen and oxygen atoms in total. The quantitative estimate of drug-likeness (QED) is 0.764. The summed E-state index contributed by atoms with van der Waals surface area (Å²) in [6, 6.07) is 2.53. The number of fused-ring (bicyclic) bond motifs is 1. The fraction of sp³-hybridized carbons (Fsp3) is 0.450. The smallest absolute Gasteiger partial charge is 0.318 e. The van der Waals surface area contributed by atoms with E-state index in [1.807, 2.05) is 4.90 Å². The number of β-amino-alcohol motifs (C(OH)–C–C–N with tert-alkyl or cyclic N) is 1. The molecule has 0 spiro atoms. The van der Waals surface area contributed by atoms with Crippen LogP contribution in [0, 0.1) is 11.6 Å². The normalized spacial score (nSPS) is 27.9. The van der Waals surface area contributed by atoms with E-state index in [0.717, 1.165) is 18.6 Å². The van der Waals surface area contributed by atoms with Gasteiger partial charge < -0.3 is 20.2 Å². The van der Waals surface area contributed by atoms with Gasteiger partial charge in [0, 0.05) is 18.3 Å². The summed E-state index contributed by atoms with van der Waals surface area (Å²) < 4.78 is 28.1. The molecule has 0 saturated carbocycles. The Bertz CT molecular complexity index is 945. The van der Waals surface area contributed by atoms with Crippen LogP contribution in [0.2, 0.25) is 0 Å². The molecule has 4 heterocycles. The molecule has 4 aliphatic rings. The zero-order chi connectivity index (χ0) is 20.8. The first kappa shape index (κ1) is 19.0. The third-order valence-corrected chi connectivity index (χ3v) is 5.90. The number of aliphatic hydroxyl groups is 1. The van der Waals surface area contributed by atoms with Gasteiger partial charge in [0.1, 0.15) is 23.5 Å². The maximum absolute atomic E-state index is 14.4. The third kappa shape index (κ3) is 3.30. The standard InChI is InChI=1S/C20H22F2N6O2/c21-12-3-4-15(22)14(8-12)17-2-1-6-27(17)18-5-7-28-19(25-18)16(9-23-28)24-20(30)26-10-13(29)11-26/h3-5,7-9,13,16-17,19,29H,1-2,6,10-11H2,(H,24,30)/t16?,17-,19?/m1/s1. The summed E-state index contributed by atoms with van der Waals surface area (Å²) in [5.41, 5.74) is 0.329. The van der Waals surface area contributed by atoms with Crippen molar-refractivity contribution in [2.75, 3.05) is 19.6 Å². The van der Waals surface area contributed by atoms with Crippen LogP contribution in [0.1, 0.15) is 24.4 Å². The van der Waals surface area contributed by atoms with E-state index in [4.69, 9.17) is 4.99 Å². The number of carbonyl (C=O) groups is 1. The number of carbonyl (C=O) groups excluding carboxylic acids is 1. The maximum atomic E-state index is 14.4. The second-order valence-corrected chi connectivity index (χ2v) is 7.91. The van der Waals surface area contributed by atoms with Gasteiger partial charge in [-0.25, -0.2) is 23.6 Å². The van der Waals surface area contributed by atoms with Crippen LogP contribution in [0.5, 0.6) is 0 Å². The Morgan fingerprint density at radius 1 is 1.27 bits per heavy atom. The summed E-state index contributed by atoms with van der Waals surface area (Å²) in [5, 5.41) is 18.2.